The second kappa shape index (κ2) is 6.09. The number of nitro groups is 2. The van der Waals surface area contributed by atoms with E-state index in [1.54, 1.807) is 13.8 Å². The van der Waals surface area contributed by atoms with Gasteiger partial charge in [-0.2, -0.15) is 0 Å². The Morgan fingerprint density at radius 1 is 1.25 bits per heavy atom. The number of carboxylic acid groups (broad SMARTS) is 1. The van der Waals surface area contributed by atoms with E-state index in [2.05, 4.69) is 0 Å². The average Bonchev–Trinajstić information content (AvgIpc) is 2.36. The SMILES string of the molecule is CCC(C)c1cc([N+](=O)[O-])cc([N+](=O)[O-])c1CC(=O)[O-]. The van der Waals surface area contributed by atoms with Crippen LogP contribution in [0.15, 0.2) is 12.1 Å². The molecule has 0 aliphatic heterocycles. The average molecular weight is 281 g/mol. The highest BCUT2D eigenvalue weighted by Crippen LogP contribution is 2.34. The third kappa shape index (κ3) is 3.28. The highest BCUT2D eigenvalue weighted by Gasteiger charge is 2.25. The molecule has 8 nitrogen and oxygen atoms in total. The maximum Gasteiger partial charge on any atom is 0.280 e. The summed E-state index contributed by atoms with van der Waals surface area (Å²) >= 11 is 0. The Labute approximate surface area is 114 Å². The number of carboxylic acids is 1. The van der Waals surface area contributed by atoms with Crippen LogP contribution >= 0.6 is 0 Å². The van der Waals surface area contributed by atoms with Crippen molar-refractivity contribution in [2.24, 2.45) is 0 Å². The number of non-ortho nitro benzene ring substituents is 1. The summed E-state index contributed by atoms with van der Waals surface area (Å²) in [5.41, 5.74) is -0.708. The van der Waals surface area contributed by atoms with Gasteiger partial charge in [-0.1, -0.05) is 13.8 Å². The second-order valence-corrected chi connectivity index (χ2v) is 4.40. The van der Waals surface area contributed by atoms with Gasteiger partial charge >= 0.3 is 0 Å². The molecule has 8 heteroatoms. The van der Waals surface area contributed by atoms with Gasteiger partial charge in [0, 0.05) is 24.0 Å². The van der Waals surface area contributed by atoms with Gasteiger partial charge in [-0.3, -0.25) is 20.2 Å². The number of hydrogen-bond acceptors (Lipinski definition) is 6. The monoisotopic (exact) mass is 281 g/mol. The molecule has 1 aromatic rings. The zero-order valence-corrected chi connectivity index (χ0v) is 11.0. The molecule has 108 valence electrons. The van der Waals surface area contributed by atoms with Gasteiger partial charge in [0.1, 0.15) is 0 Å². The molecule has 1 unspecified atom stereocenters. The third-order valence-electron chi connectivity index (χ3n) is 3.12. The van der Waals surface area contributed by atoms with Gasteiger partial charge in [0.2, 0.25) is 0 Å². The molecule has 0 aliphatic rings. The normalized spacial score (nSPS) is 11.9. The first-order valence-corrected chi connectivity index (χ1v) is 5.93. The number of hydrogen-bond donors (Lipinski definition) is 0. The molecule has 20 heavy (non-hydrogen) atoms. The van der Waals surface area contributed by atoms with E-state index in [9.17, 15) is 30.1 Å². The molecule has 0 amide bonds. The summed E-state index contributed by atoms with van der Waals surface area (Å²) in [6.07, 6.45) is -0.0770. The summed E-state index contributed by atoms with van der Waals surface area (Å²) in [5.74, 6) is -1.70. The van der Waals surface area contributed by atoms with Crippen LogP contribution in [0.3, 0.4) is 0 Å². The minimum atomic E-state index is -1.47. The number of nitrogens with zero attached hydrogens (tertiary/aromatic N) is 2. The predicted molar refractivity (Wildman–Crippen MR) is 67.2 cm³/mol. The minimum Gasteiger partial charge on any atom is -0.550 e. The summed E-state index contributed by atoms with van der Waals surface area (Å²) in [6.45, 7) is 3.53. The number of carbonyl (C=O) groups is 1. The fourth-order valence-electron chi connectivity index (χ4n) is 1.93. The van der Waals surface area contributed by atoms with Gasteiger partial charge in [-0.05, 0) is 17.9 Å². The van der Waals surface area contributed by atoms with Crippen LogP contribution in [0.4, 0.5) is 11.4 Å². The Bertz CT molecular complexity index is 569. The first-order valence-electron chi connectivity index (χ1n) is 5.93. The standard InChI is InChI=1S/C12H14N2O6/c1-3-7(2)9-4-8(13(17)18)5-11(14(19)20)10(9)6-12(15)16/h4-5,7H,3,6H2,1-2H3,(H,15,16)/p-1. The van der Waals surface area contributed by atoms with Crippen LogP contribution in [0.5, 0.6) is 0 Å². The van der Waals surface area contributed by atoms with Crippen molar-refractivity contribution in [1.82, 2.24) is 0 Å². The molecule has 0 heterocycles. The van der Waals surface area contributed by atoms with Crippen LogP contribution in [-0.2, 0) is 11.2 Å². The van der Waals surface area contributed by atoms with Crippen LogP contribution in [0.1, 0.15) is 37.3 Å². The van der Waals surface area contributed by atoms with Gasteiger partial charge in [-0.15, -0.1) is 0 Å². The van der Waals surface area contributed by atoms with E-state index >= 15 is 0 Å². The maximum absolute atomic E-state index is 11.0. The number of aliphatic carboxylic acids is 1. The molecule has 0 radical (unpaired) electrons. The molecule has 0 fully saturated rings. The van der Waals surface area contributed by atoms with Crippen molar-refractivity contribution < 1.29 is 19.7 Å². The van der Waals surface area contributed by atoms with E-state index in [4.69, 9.17) is 0 Å². The lowest BCUT2D eigenvalue weighted by Crippen LogP contribution is -2.25. The van der Waals surface area contributed by atoms with E-state index in [0.29, 0.717) is 12.0 Å². The molecular formula is C12H13N2O6-. The number of nitro benzene ring substituents is 2. The maximum atomic E-state index is 11.0. The molecule has 1 aromatic carbocycles. The van der Waals surface area contributed by atoms with Crippen LogP contribution < -0.4 is 5.11 Å². The van der Waals surface area contributed by atoms with E-state index in [1.165, 1.54) is 6.07 Å². The fraction of sp³-hybridized carbons (Fsp3) is 0.417. The van der Waals surface area contributed by atoms with Crippen LogP contribution in [0.2, 0.25) is 0 Å². The molecule has 0 aliphatic carbocycles. The molecule has 0 N–H and O–H groups in total. The summed E-state index contributed by atoms with van der Waals surface area (Å²) < 4.78 is 0. The minimum absolute atomic E-state index is 0.0325. The largest absolute Gasteiger partial charge is 0.550 e. The van der Waals surface area contributed by atoms with Crippen molar-refractivity contribution in [3.63, 3.8) is 0 Å². The summed E-state index contributed by atoms with van der Waals surface area (Å²) in [5, 5.41) is 32.6. The van der Waals surface area contributed by atoms with Gasteiger partial charge in [-0.25, -0.2) is 0 Å². The molecule has 1 atom stereocenters. The number of rotatable bonds is 6. The number of benzene rings is 1. The number of carbonyl (C=O) groups excluding carboxylic acids is 1. The lowest BCUT2D eigenvalue weighted by molar-refractivity contribution is -0.394. The Kier molecular flexibility index (Phi) is 4.73. The van der Waals surface area contributed by atoms with E-state index in [1.807, 2.05) is 0 Å². The molecule has 1 rings (SSSR count). The summed E-state index contributed by atoms with van der Waals surface area (Å²) in [7, 11) is 0. The molecule has 0 saturated carbocycles. The van der Waals surface area contributed by atoms with Crippen LogP contribution in [-0.4, -0.2) is 15.8 Å². The van der Waals surface area contributed by atoms with E-state index in [-0.39, 0.29) is 11.5 Å². The zero-order valence-electron chi connectivity index (χ0n) is 11.0. The van der Waals surface area contributed by atoms with Crippen molar-refractivity contribution >= 4 is 17.3 Å². The van der Waals surface area contributed by atoms with Gasteiger partial charge in [0.15, 0.2) is 0 Å². The Hall–Kier alpha value is -2.51. The second-order valence-electron chi connectivity index (χ2n) is 4.40. The Morgan fingerprint density at radius 3 is 2.25 bits per heavy atom. The molecule has 0 aromatic heterocycles. The summed E-state index contributed by atoms with van der Waals surface area (Å²) in [4.78, 5) is 31.1. The molecule has 0 saturated heterocycles. The van der Waals surface area contributed by atoms with Crippen molar-refractivity contribution in [2.45, 2.75) is 32.6 Å². The third-order valence-corrected chi connectivity index (χ3v) is 3.12. The first kappa shape index (κ1) is 15.5. The highest BCUT2D eigenvalue weighted by atomic mass is 16.6. The van der Waals surface area contributed by atoms with Crippen LogP contribution in [0, 0.1) is 20.2 Å². The van der Waals surface area contributed by atoms with E-state index in [0.717, 1.165) is 6.07 Å². The van der Waals surface area contributed by atoms with Crippen molar-refractivity contribution in [3.05, 3.63) is 43.5 Å². The van der Waals surface area contributed by atoms with Crippen LogP contribution in [0.25, 0.3) is 0 Å². The Balaban J connectivity index is 3.61. The smallest absolute Gasteiger partial charge is 0.280 e. The Morgan fingerprint density at radius 2 is 1.85 bits per heavy atom. The van der Waals surface area contributed by atoms with Gasteiger partial charge in [0.25, 0.3) is 11.4 Å². The lowest BCUT2D eigenvalue weighted by atomic mass is 9.90. The summed E-state index contributed by atoms with van der Waals surface area (Å²) in [6, 6.07) is 1.98. The topological polar surface area (TPSA) is 126 Å². The zero-order chi connectivity index (χ0) is 15.4. The quantitative estimate of drug-likeness (QED) is 0.571. The first-order chi connectivity index (χ1) is 9.27. The van der Waals surface area contributed by atoms with E-state index < -0.39 is 33.6 Å². The molecular weight excluding hydrogens is 268 g/mol. The lowest BCUT2D eigenvalue weighted by Gasteiger charge is -2.15. The fourth-order valence-corrected chi connectivity index (χ4v) is 1.93. The highest BCUT2D eigenvalue weighted by molar-refractivity contribution is 5.72. The van der Waals surface area contributed by atoms with Gasteiger partial charge < -0.3 is 9.90 Å². The molecule has 0 spiro atoms. The van der Waals surface area contributed by atoms with Crippen molar-refractivity contribution in [1.29, 1.82) is 0 Å². The molecule has 0 bridgehead atoms. The van der Waals surface area contributed by atoms with Crippen molar-refractivity contribution in [2.75, 3.05) is 0 Å². The van der Waals surface area contributed by atoms with Gasteiger partial charge in [0.05, 0.1) is 15.9 Å². The predicted octanol–water partition coefficient (Wildman–Crippen LogP) is 1.31. The van der Waals surface area contributed by atoms with Crippen molar-refractivity contribution in [3.8, 4) is 0 Å².